The molecule has 0 aromatic carbocycles. The largest absolute Gasteiger partial charge is 0.392 e. The van der Waals surface area contributed by atoms with Gasteiger partial charge in [0.1, 0.15) is 11.3 Å². The molecule has 0 aromatic rings. The van der Waals surface area contributed by atoms with Gasteiger partial charge >= 0.3 is 0 Å². The van der Waals surface area contributed by atoms with Crippen molar-refractivity contribution in [3.63, 3.8) is 0 Å². The van der Waals surface area contributed by atoms with E-state index in [1.165, 1.54) is 6.92 Å². The van der Waals surface area contributed by atoms with E-state index in [2.05, 4.69) is 12.2 Å². The van der Waals surface area contributed by atoms with E-state index in [-0.39, 0.29) is 4.99 Å². The van der Waals surface area contributed by atoms with Crippen molar-refractivity contribution in [2.24, 2.45) is 11.5 Å². The Morgan fingerprint density at radius 1 is 1.53 bits per heavy atom. The monoisotopic (exact) mass is 251 g/mol. The third-order valence-electron chi connectivity index (χ3n) is 2.47. The normalized spacial score (nSPS) is 24.2. The van der Waals surface area contributed by atoms with E-state index >= 15 is 0 Å². The van der Waals surface area contributed by atoms with E-state index in [1.807, 2.05) is 0 Å². The number of sulfonamides is 1. The molecule has 15 heavy (non-hydrogen) atoms. The van der Waals surface area contributed by atoms with Crippen LogP contribution in [0.4, 0.5) is 0 Å². The van der Waals surface area contributed by atoms with Gasteiger partial charge in [-0.05, 0) is 13.3 Å². The summed E-state index contributed by atoms with van der Waals surface area (Å²) in [7, 11) is -3.63. The highest BCUT2D eigenvalue weighted by atomic mass is 32.2. The second kappa shape index (κ2) is 4.03. The van der Waals surface area contributed by atoms with Gasteiger partial charge in [-0.1, -0.05) is 12.2 Å². The molecule has 4 N–H and O–H groups in total. The van der Waals surface area contributed by atoms with Gasteiger partial charge < -0.3 is 11.5 Å². The van der Waals surface area contributed by atoms with Crippen molar-refractivity contribution in [1.29, 1.82) is 0 Å². The Labute approximate surface area is 93.6 Å². The van der Waals surface area contributed by atoms with E-state index < -0.39 is 27.2 Å². The van der Waals surface area contributed by atoms with Crippen LogP contribution in [0.2, 0.25) is 0 Å². The van der Waals surface area contributed by atoms with Crippen LogP contribution >= 0.6 is 12.2 Å². The molecule has 1 rings (SSSR count). The standard InChI is InChI=1S/C7H13N3O3S2/c1-4(7(9)14)15(12,13)10-3-2-5(10)6(8)11/h4-5H,2-3H2,1H3,(H2,8,11)(H2,9,14). The summed E-state index contributed by atoms with van der Waals surface area (Å²) in [5.41, 5.74) is 10.3. The smallest absolute Gasteiger partial charge is 0.235 e. The van der Waals surface area contributed by atoms with Crippen LogP contribution in [0.25, 0.3) is 0 Å². The number of carbonyl (C=O) groups excluding carboxylic acids is 1. The molecule has 1 aliphatic heterocycles. The number of thiocarbonyl (C=S) groups is 1. The van der Waals surface area contributed by atoms with Crippen LogP contribution in [-0.2, 0) is 14.8 Å². The summed E-state index contributed by atoms with van der Waals surface area (Å²) in [6, 6.07) is -0.744. The number of primary amides is 1. The predicted octanol–water partition coefficient (Wildman–Crippen LogP) is -1.45. The summed E-state index contributed by atoms with van der Waals surface area (Å²) in [4.78, 5) is 10.8. The molecular formula is C7H13N3O3S2. The molecular weight excluding hydrogens is 238 g/mol. The summed E-state index contributed by atoms with van der Waals surface area (Å²) >= 11 is 4.62. The Balaban J connectivity index is 2.89. The van der Waals surface area contributed by atoms with Crippen LogP contribution in [0.15, 0.2) is 0 Å². The zero-order valence-corrected chi connectivity index (χ0v) is 9.85. The summed E-state index contributed by atoms with van der Waals surface area (Å²) in [6.07, 6.45) is 0.457. The lowest BCUT2D eigenvalue weighted by Gasteiger charge is -2.38. The second-order valence-electron chi connectivity index (χ2n) is 3.41. The Kier molecular flexibility index (Phi) is 3.31. The number of hydrogen-bond donors (Lipinski definition) is 2. The first kappa shape index (κ1) is 12.3. The molecule has 0 spiro atoms. The topological polar surface area (TPSA) is 106 Å². The Bertz CT molecular complexity index is 392. The van der Waals surface area contributed by atoms with Crippen LogP contribution < -0.4 is 11.5 Å². The predicted molar refractivity (Wildman–Crippen MR) is 59.5 cm³/mol. The van der Waals surface area contributed by atoms with Gasteiger partial charge in [0.15, 0.2) is 0 Å². The van der Waals surface area contributed by atoms with Gasteiger partial charge in [-0.25, -0.2) is 8.42 Å². The molecule has 86 valence electrons. The molecule has 0 bridgehead atoms. The Hall–Kier alpha value is -0.730. The maximum atomic E-state index is 11.8. The van der Waals surface area contributed by atoms with Gasteiger partial charge in [0, 0.05) is 6.54 Å². The highest BCUT2D eigenvalue weighted by Crippen LogP contribution is 2.24. The minimum atomic E-state index is -3.63. The lowest BCUT2D eigenvalue weighted by Crippen LogP contribution is -2.60. The third-order valence-corrected chi connectivity index (χ3v) is 5.21. The molecule has 0 radical (unpaired) electrons. The van der Waals surface area contributed by atoms with E-state index in [1.54, 1.807) is 0 Å². The van der Waals surface area contributed by atoms with Gasteiger partial charge in [0.25, 0.3) is 0 Å². The zero-order chi connectivity index (χ0) is 11.8. The molecule has 1 saturated heterocycles. The summed E-state index contributed by atoms with van der Waals surface area (Å²) in [6.45, 7) is 1.69. The van der Waals surface area contributed by atoms with Crippen LogP contribution in [0.1, 0.15) is 13.3 Å². The van der Waals surface area contributed by atoms with Crippen molar-refractivity contribution in [2.45, 2.75) is 24.6 Å². The lowest BCUT2D eigenvalue weighted by molar-refractivity contribution is -0.124. The molecule has 0 saturated carbocycles. The van der Waals surface area contributed by atoms with Crippen LogP contribution in [0, 0.1) is 0 Å². The van der Waals surface area contributed by atoms with Crippen molar-refractivity contribution in [2.75, 3.05) is 6.54 Å². The van der Waals surface area contributed by atoms with E-state index in [0.29, 0.717) is 13.0 Å². The van der Waals surface area contributed by atoms with Gasteiger partial charge in [-0.15, -0.1) is 0 Å². The van der Waals surface area contributed by atoms with Crippen molar-refractivity contribution >= 4 is 33.1 Å². The van der Waals surface area contributed by atoms with E-state index in [4.69, 9.17) is 11.5 Å². The molecule has 2 atom stereocenters. The fourth-order valence-corrected chi connectivity index (χ4v) is 3.29. The molecule has 1 fully saturated rings. The first-order valence-electron chi connectivity index (χ1n) is 4.37. The minimum absolute atomic E-state index is 0.106. The van der Waals surface area contributed by atoms with Crippen LogP contribution in [0.3, 0.4) is 0 Å². The zero-order valence-electron chi connectivity index (χ0n) is 8.21. The third kappa shape index (κ3) is 2.11. The molecule has 2 unspecified atom stereocenters. The number of nitrogens with two attached hydrogens (primary N) is 2. The first-order chi connectivity index (χ1) is 6.78. The Morgan fingerprint density at radius 3 is 2.33 bits per heavy atom. The average molecular weight is 251 g/mol. The maximum absolute atomic E-state index is 11.8. The number of rotatable bonds is 4. The summed E-state index contributed by atoms with van der Waals surface area (Å²) in [5, 5.41) is -0.963. The number of amides is 1. The Morgan fingerprint density at radius 2 is 2.07 bits per heavy atom. The quantitative estimate of drug-likeness (QED) is 0.595. The molecule has 1 aliphatic rings. The fraction of sp³-hybridized carbons (Fsp3) is 0.714. The summed E-state index contributed by atoms with van der Waals surface area (Å²) in [5.74, 6) is -0.639. The van der Waals surface area contributed by atoms with Crippen molar-refractivity contribution in [3.8, 4) is 0 Å². The van der Waals surface area contributed by atoms with Gasteiger partial charge in [0.2, 0.25) is 15.9 Å². The molecule has 0 aromatic heterocycles. The maximum Gasteiger partial charge on any atom is 0.235 e. The van der Waals surface area contributed by atoms with E-state index in [9.17, 15) is 13.2 Å². The molecule has 6 nitrogen and oxygen atoms in total. The molecule has 1 heterocycles. The van der Waals surface area contributed by atoms with Gasteiger partial charge in [-0.3, -0.25) is 4.79 Å². The first-order valence-corrected chi connectivity index (χ1v) is 6.29. The van der Waals surface area contributed by atoms with Crippen molar-refractivity contribution in [3.05, 3.63) is 0 Å². The lowest BCUT2D eigenvalue weighted by atomic mass is 10.1. The van der Waals surface area contributed by atoms with Crippen LogP contribution in [0.5, 0.6) is 0 Å². The number of carbonyl (C=O) groups is 1. The second-order valence-corrected chi connectivity index (χ2v) is 6.08. The highest BCUT2D eigenvalue weighted by molar-refractivity contribution is 7.92. The highest BCUT2D eigenvalue weighted by Gasteiger charge is 2.43. The molecule has 0 aliphatic carbocycles. The molecule has 8 heteroatoms. The molecule has 1 amide bonds. The van der Waals surface area contributed by atoms with Gasteiger partial charge in [-0.2, -0.15) is 4.31 Å². The van der Waals surface area contributed by atoms with E-state index in [0.717, 1.165) is 4.31 Å². The summed E-state index contributed by atoms with van der Waals surface area (Å²) < 4.78 is 24.7. The van der Waals surface area contributed by atoms with Crippen molar-refractivity contribution < 1.29 is 13.2 Å². The number of hydrogen-bond acceptors (Lipinski definition) is 4. The van der Waals surface area contributed by atoms with Crippen molar-refractivity contribution in [1.82, 2.24) is 4.31 Å². The fourth-order valence-electron chi connectivity index (χ4n) is 1.30. The SMILES string of the molecule is CC(C(N)=S)S(=O)(=O)N1CCC1C(N)=O. The van der Waals surface area contributed by atoms with Gasteiger partial charge in [0.05, 0.1) is 4.99 Å². The van der Waals surface area contributed by atoms with Crippen LogP contribution in [-0.4, -0.2) is 41.5 Å². The average Bonchev–Trinajstić information content (AvgIpc) is 1.98. The minimum Gasteiger partial charge on any atom is -0.392 e. The number of nitrogens with zero attached hydrogens (tertiary/aromatic N) is 1.